The molecule has 1 N–H and O–H groups in total. The SMILES string of the molecule is Cc1ccccc1C1CC(C)N(C(=O)CC2(O)CCCC2)C1. The Morgan fingerprint density at radius 1 is 1.32 bits per heavy atom. The van der Waals surface area contributed by atoms with Gasteiger partial charge in [0.2, 0.25) is 5.91 Å². The molecule has 1 aliphatic heterocycles. The van der Waals surface area contributed by atoms with E-state index < -0.39 is 5.60 Å². The molecule has 22 heavy (non-hydrogen) atoms. The Hall–Kier alpha value is -1.35. The highest BCUT2D eigenvalue weighted by atomic mass is 16.3. The predicted molar refractivity (Wildman–Crippen MR) is 87.7 cm³/mol. The first-order chi connectivity index (χ1) is 10.5. The van der Waals surface area contributed by atoms with E-state index in [4.69, 9.17) is 0 Å². The lowest BCUT2D eigenvalue weighted by atomic mass is 9.93. The van der Waals surface area contributed by atoms with E-state index in [0.717, 1.165) is 38.6 Å². The van der Waals surface area contributed by atoms with Gasteiger partial charge in [-0.2, -0.15) is 0 Å². The van der Waals surface area contributed by atoms with Crippen molar-refractivity contribution in [3.05, 3.63) is 35.4 Å². The van der Waals surface area contributed by atoms with Gasteiger partial charge in [-0.3, -0.25) is 4.79 Å². The van der Waals surface area contributed by atoms with Gasteiger partial charge in [-0.15, -0.1) is 0 Å². The molecule has 2 atom stereocenters. The van der Waals surface area contributed by atoms with Crippen molar-refractivity contribution in [3.8, 4) is 0 Å². The molecule has 120 valence electrons. The van der Waals surface area contributed by atoms with Crippen molar-refractivity contribution in [3.63, 3.8) is 0 Å². The van der Waals surface area contributed by atoms with Crippen LogP contribution in [-0.4, -0.2) is 34.1 Å². The standard InChI is InChI=1S/C19H27NO2/c1-14-7-3-4-8-17(14)16-11-15(2)20(13-16)18(21)12-19(22)9-5-6-10-19/h3-4,7-8,15-16,22H,5-6,9-13H2,1-2H3. The first-order valence-corrected chi connectivity index (χ1v) is 8.56. The summed E-state index contributed by atoms with van der Waals surface area (Å²) < 4.78 is 0. The summed E-state index contributed by atoms with van der Waals surface area (Å²) in [5.74, 6) is 0.561. The van der Waals surface area contributed by atoms with Crippen LogP contribution in [0.4, 0.5) is 0 Å². The summed E-state index contributed by atoms with van der Waals surface area (Å²) in [4.78, 5) is 14.6. The van der Waals surface area contributed by atoms with Gasteiger partial charge >= 0.3 is 0 Å². The number of amides is 1. The number of rotatable bonds is 3. The zero-order valence-corrected chi connectivity index (χ0v) is 13.7. The van der Waals surface area contributed by atoms with Crippen LogP contribution in [0.25, 0.3) is 0 Å². The molecule has 1 saturated carbocycles. The highest BCUT2D eigenvalue weighted by Gasteiger charge is 2.39. The summed E-state index contributed by atoms with van der Waals surface area (Å²) in [6.45, 7) is 5.07. The molecule has 0 bridgehead atoms. The Labute approximate surface area is 133 Å². The monoisotopic (exact) mass is 301 g/mol. The zero-order chi connectivity index (χ0) is 15.7. The maximum atomic E-state index is 12.6. The molecule has 3 heteroatoms. The van der Waals surface area contributed by atoms with Crippen LogP contribution in [-0.2, 0) is 4.79 Å². The number of aryl methyl sites for hydroxylation is 1. The lowest BCUT2D eigenvalue weighted by Gasteiger charge is -2.27. The van der Waals surface area contributed by atoms with Crippen LogP contribution >= 0.6 is 0 Å². The minimum atomic E-state index is -0.739. The van der Waals surface area contributed by atoms with E-state index in [1.807, 2.05) is 4.90 Å². The van der Waals surface area contributed by atoms with Gasteiger partial charge in [0.25, 0.3) is 0 Å². The Morgan fingerprint density at radius 3 is 2.68 bits per heavy atom. The van der Waals surface area contributed by atoms with Crippen molar-refractivity contribution in [1.82, 2.24) is 4.90 Å². The number of likely N-dealkylation sites (tertiary alicyclic amines) is 1. The summed E-state index contributed by atoms with van der Waals surface area (Å²) in [6.07, 6.45) is 4.98. The Balaban J connectivity index is 1.68. The molecule has 2 unspecified atom stereocenters. The van der Waals surface area contributed by atoms with Gasteiger partial charge in [-0.1, -0.05) is 37.1 Å². The van der Waals surface area contributed by atoms with Crippen LogP contribution in [0.1, 0.15) is 62.5 Å². The van der Waals surface area contributed by atoms with E-state index in [1.165, 1.54) is 11.1 Å². The summed E-state index contributed by atoms with van der Waals surface area (Å²) in [7, 11) is 0. The molecule has 1 aliphatic carbocycles. The normalized spacial score (nSPS) is 27.3. The highest BCUT2D eigenvalue weighted by Crippen LogP contribution is 2.37. The molecule has 0 aromatic heterocycles. The molecule has 2 fully saturated rings. The molecule has 0 spiro atoms. The van der Waals surface area contributed by atoms with E-state index in [9.17, 15) is 9.90 Å². The Bertz CT molecular complexity index is 548. The third-order valence-corrected chi connectivity index (χ3v) is 5.54. The average molecular weight is 301 g/mol. The molecule has 2 aliphatic rings. The molecule has 1 aromatic carbocycles. The molecule has 1 amide bonds. The second kappa shape index (κ2) is 6.04. The zero-order valence-electron chi connectivity index (χ0n) is 13.7. The summed E-state index contributed by atoms with van der Waals surface area (Å²) in [6, 6.07) is 8.74. The van der Waals surface area contributed by atoms with Crippen molar-refractivity contribution in [1.29, 1.82) is 0 Å². The van der Waals surface area contributed by atoms with Gasteiger partial charge in [0.15, 0.2) is 0 Å². The second-order valence-corrected chi connectivity index (χ2v) is 7.29. The highest BCUT2D eigenvalue weighted by molar-refractivity contribution is 5.78. The van der Waals surface area contributed by atoms with Crippen LogP contribution in [0.3, 0.4) is 0 Å². The van der Waals surface area contributed by atoms with Crippen LogP contribution in [0.5, 0.6) is 0 Å². The number of carbonyl (C=O) groups is 1. The Morgan fingerprint density at radius 2 is 2.00 bits per heavy atom. The van der Waals surface area contributed by atoms with Crippen molar-refractivity contribution < 1.29 is 9.90 Å². The molecule has 3 nitrogen and oxygen atoms in total. The fraction of sp³-hybridized carbons (Fsp3) is 0.632. The molecule has 1 aromatic rings. The quantitative estimate of drug-likeness (QED) is 0.929. The summed E-state index contributed by atoms with van der Waals surface area (Å²) in [5.41, 5.74) is 1.94. The third-order valence-electron chi connectivity index (χ3n) is 5.54. The lowest BCUT2D eigenvalue weighted by Crippen LogP contribution is -2.39. The van der Waals surface area contributed by atoms with Crippen LogP contribution in [0.15, 0.2) is 24.3 Å². The van der Waals surface area contributed by atoms with Crippen LogP contribution in [0.2, 0.25) is 0 Å². The number of hydrogen-bond donors (Lipinski definition) is 1. The largest absolute Gasteiger partial charge is 0.389 e. The molecular formula is C19H27NO2. The van der Waals surface area contributed by atoms with E-state index in [-0.39, 0.29) is 11.9 Å². The van der Waals surface area contributed by atoms with E-state index >= 15 is 0 Å². The first kappa shape index (κ1) is 15.5. The summed E-state index contributed by atoms with van der Waals surface area (Å²) >= 11 is 0. The topological polar surface area (TPSA) is 40.5 Å². The van der Waals surface area contributed by atoms with Crippen LogP contribution < -0.4 is 0 Å². The van der Waals surface area contributed by atoms with Crippen molar-refractivity contribution >= 4 is 5.91 Å². The second-order valence-electron chi connectivity index (χ2n) is 7.29. The van der Waals surface area contributed by atoms with Gasteiger partial charge in [-0.25, -0.2) is 0 Å². The molecule has 1 saturated heterocycles. The number of aliphatic hydroxyl groups is 1. The fourth-order valence-corrected chi connectivity index (χ4v) is 4.24. The van der Waals surface area contributed by atoms with Gasteiger partial charge in [0.05, 0.1) is 12.0 Å². The van der Waals surface area contributed by atoms with Gasteiger partial charge < -0.3 is 10.0 Å². The average Bonchev–Trinajstić information content (AvgIpc) is 3.06. The molecular weight excluding hydrogens is 274 g/mol. The van der Waals surface area contributed by atoms with E-state index in [2.05, 4.69) is 38.1 Å². The smallest absolute Gasteiger partial charge is 0.225 e. The predicted octanol–water partition coefficient (Wildman–Crippen LogP) is 3.39. The minimum Gasteiger partial charge on any atom is -0.389 e. The maximum Gasteiger partial charge on any atom is 0.225 e. The van der Waals surface area contributed by atoms with Crippen molar-refractivity contribution in [2.24, 2.45) is 0 Å². The van der Waals surface area contributed by atoms with E-state index in [1.54, 1.807) is 0 Å². The van der Waals surface area contributed by atoms with Gasteiger partial charge in [0.1, 0.15) is 0 Å². The Kier molecular flexibility index (Phi) is 4.26. The minimum absolute atomic E-state index is 0.132. The number of benzene rings is 1. The van der Waals surface area contributed by atoms with Crippen molar-refractivity contribution in [2.45, 2.75) is 69.9 Å². The van der Waals surface area contributed by atoms with Crippen LogP contribution in [0, 0.1) is 6.92 Å². The molecule has 1 heterocycles. The number of hydrogen-bond acceptors (Lipinski definition) is 2. The third kappa shape index (κ3) is 3.05. The fourth-order valence-electron chi connectivity index (χ4n) is 4.24. The van der Waals surface area contributed by atoms with Crippen molar-refractivity contribution in [2.75, 3.05) is 6.54 Å². The van der Waals surface area contributed by atoms with Gasteiger partial charge in [0, 0.05) is 18.5 Å². The molecule has 3 rings (SSSR count). The first-order valence-electron chi connectivity index (χ1n) is 8.56. The van der Waals surface area contributed by atoms with E-state index in [0.29, 0.717) is 12.3 Å². The van der Waals surface area contributed by atoms with Gasteiger partial charge in [-0.05, 0) is 44.2 Å². The number of nitrogens with zero attached hydrogens (tertiary/aromatic N) is 1. The lowest BCUT2D eigenvalue weighted by molar-refractivity contribution is -0.136. The maximum absolute atomic E-state index is 12.6. The summed E-state index contributed by atoms with van der Waals surface area (Å²) in [5, 5.41) is 10.5. The molecule has 0 radical (unpaired) electrons. The number of carbonyl (C=O) groups excluding carboxylic acids is 1.